The first kappa shape index (κ1) is 10.5. The van der Waals surface area contributed by atoms with E-state index in [1.54, 1.807) is 0 Å². The normalized spacial score (nSPS) is 23.0. The second-order valence-corrected chi connectivity index (χ2v) is 3.82. The van der Waals surface area contributed by atoms with Crippen molar-refractivity contribution in [2.24, 2.45) is 11.7 Å². The number of ether oxygens (including phenoxy) is 1. The Bertz CT molecular complexity index is 350. The van der Waals surface area contributed by atoms with Crippen molar-refractivity contribution in [2.45, 2.75) is 12.5 Å². The number of hydrogen-bond acceptors (Lipinski definition) is 2. The van der Waals surface area contributed by atoms with E-state index in [2.05, 4.69) is 0 Å². The highest BCUT2D eigenvalue weighted by Gasteiger charge is 2.26. The summed E-state index contributed by atoms with van der Waals surface area (Å²) in [7, 11) is 0. The summed E-state index contributed by atoms with van der Waals surface area (Å²) >= 11 is 0. The van der Waals surface area contributed by atoms with Crippen molar-refractivity contribution in [1.29, 1.82) is 0 Å². The van der Waals surface area contributed by atoms with Gasteiger partial charge in [0.1, 0.15) is 11.6 Å². The third-order valence-corrected chi connectivity index (χ3v) is 2.79. The molecule has 2 nitrogen and oxygen atoms in total. The maximum absolute atomic E-state index is 13.4. The maximum atomic E-state index is 13.4. The van der Waals surface area contributed by atoms with Crippen molar-refractivity contribution < 1.29 is 13.5 Å². The average molecular weight is 213 g/mol. The van der Waals surface area contributed by atoms with Crippen LogP contribution in [0.3, 0.4) is 0 Å². The van der Waals surface area contributed by atoms with E-state index in [0.29, 0.717) is 13.2 Å². The molecule has 1 aromatic carbocycles. The van der Waals surface area contributed by atoms with Crippen LogP contribution in [0.1, 0.15) is 18.0 Å². The predicted molar refractivity (Wildman–Crippen MR) is 52.2 cm³/mol. The van der Waals surface area contributed by atoms with Crippen LogP contribution in [0.4, 0.5) is 8.78 Å². The third-order valence-electron chi connectivity index (χ3n) is 2.79. The summed E-state index contributed by atoms with van der Waals surface area (Å²) in [6.45, 7) is 1.17. The first-order chi connectivity index (χ1) is 7.18. The Labute approximate surface area is 87.0 Å². The van der Waals surface area contributed by atoms with Gasteiger partial charge in [-0.05, 0) is 24.6 Å². The first-order valence-electron chi connectivity index (χ1n) is 4.97. The quantitative estimate of drug-likeness (QED) is 0.815. The Morgan fingerprint density at radius 1 is 1.40 bits per heavy atom. The molecule has 4 heteroatoms. The Morgan fingerprint density at radius 2 is 2.20 bits per heavy atom. The van der Waals surface area contributed by atoms with Gasteiger partial charge in [0.25, 0.3) is 0 Å². The molecule has 82 valence electrons. The number of halogens is 2. The lowest BCUT2D eigenvalue weighted by Crippen LogP contribution is -2.22. The highest BCUT2D eigenvalue weighted by molar-refractivity contribution is 5.22. The van der Waals surface area contributed by atoms with Gasteiger partial charge in [0.05, 0.1) is 6.61 Å². The Hall–Kier alpha value is -1.00. The smallest absolute Gasteiger partial charge is 0.128 e. The van der Waals surface area contributed by atoms with Crippen LogP contribution in [-0.2, 0) is 4.74 Å². The van der Waals surface area contributed by atoms with Crippen molar-refractivity contribution in [2.75, 3.05) is 13.2 Å². The highest BCUT2D eigenvalue weighted by atomic mass is 19.1. The van der Waals surface area contributed by atoms with E-state index >= 15 is 0 Å². The van der Waals surface area contributed by atoms with E-state index in [1.807, 2.05) is 0 Å². The fraction of sp³-hybridized carbons (Fsp3) is 0.455. The number of hydrogen-bond donors (Lipinski definition) is 1. The van der Waals surface area contributed by atoms with Gasteiger partial charge in [-0.3, -0.25) is 0 Å². The van der Waals surface area contributed by atoms with Crippen LogP contribution in [0, 0.1) is 17.6 Å². The second kappa shape index (κ2) is 4.24. The molecule has 2 N–H and O–H groups in total. The van der Waals surface area contributed by atoms with E-state index in [-0.39, 0.29) is 11.5 Å². The van der Waals surface area contributed by atoms with Gasteiger partial charge >= 0.3 is 0 Å². The van der Waals surface area contributed by atoms with Crippen molar-refractivity contribution in [1.82, 2.24) is 0 Å². The van der Waals surface area contributed by atoms with Crippen LogP contribution in [-0.4, -0.2) is 13.2 Å². The topological polar surface area (TPSA) is 35.2 Å². The highest BCUT2D eigenvalue weighted by Crippen LogP contribution is 2.28. The molecule has 1 heterocycles. The molecule has 1 saturated heterocycles. The van der Waals surface area contributed by atoms with E-state index in [9.17, 15) is 8.78 Å². The number of nitrogens with two attached hydrogens (primary N) is 1. The van der Waals surface area contributed by atoms with Gasteiger partial charge in [0.15, 0.2) is 0 Å². The summed E-state index contributed by atoms with van der Waals surface area (Å²) in [6, 6.07) is 2.89. The fourth-order valence-electron chi connectivity index (χ4n) is 1.86. The lowest BCUT2D eigenvalue weighted by molar-refractivity contribution is 0.180. The monoisotopic (exact) mass is 213 g/mol. The number of rotatable bonds is 2. The zero-order valence-electron chi connectivity index (χ0n) is 8.25. The molecule has 2 atom stereocenters. The second-order valence-electron chi connectivity index (χ2n) is 3.82. The molecule has 0 bridgehead atoms. The summed E-state index contributed by atoms with van der Waals surface area (Å²) in [5.74, 6) is -0.821. The average Bonchev–Trinajstić information content (AvgIpc) is 2.74. The molecule has 1 aliphatic rings. The molecule has 0 radical (unpaired) electrons. The van der Waals surface area contributed by atoms with Gasteiger partial charge in [0.2, 0.25) is 0 Å². The lowest BCUT2D eigenvalue weighted by Gasteiger charge is -2.18. The zero-order chi connectivity index (χ0) is 10.8. The van der Waals surface area contributed by atoms with E-state index in [0.717, 1.165) is 18.6 Å². The molecule has 15 heavy (non-hydrogen) atoms. The minimum Gasteiger partial charge on any atom is -0.381 e. The van der Waals surface area contributed by atoms with Crippen molar-refractivity contribution in [3.8, 4) is 0 Å². The minimum absolute atomic E-state index is 0.0845. The Kier molecular flexibility index (Phi) is 2.98. The van der Waals surface area contributed by atoms with E-state index < -0.39 is 17.7 Å². The van der Waals surface area contributed by atoms with Crippen LogP contribution >= 0.6 is 0 Å². The summed E-state index contributed by atoms with van der Waals surface area (Å²) < 4.78 is 31.5. The molecule has 0 aliphatic carbocycles. The van der Waals surface area contributed by atoms with Crippen LogP contribution in [0.15, 0.2) is 18.2 Å². The molecule has 0 saturated carbocycles. The fourth-order valence-corrected chi connectivity index (χ4v) is 1.86. The first-order valence-corrected chi connectivity index (χ1v) is 4.97. The van der Waals surface area contributed by atoms with Crippen molar-refractivity contribution in [3.63, 3.8) is 0 Å². The molecule has 0 aromatic heterocycles. The Morgan fingerprint density at radius 3 is 2.87 bits per heavy atom. The van der Waals surface area contributed by atoms with Crippen LogP contribution < -0.4 is 5.73 Å². The molecular formula is C11H13F2NO. The summed E-state index contributed by atoms with van der Waals surface area (Å²) in [4.78, 5) is 0. The minimum atomic E-state index is -0.483. The molecular weight excluding hydrogens is 200 g/mol. The van der Waals surface area contributed by atoms with E-state index in [4.69, 9.17) is 10.5 Å². The molecule has 2 unspecified atom stereocenters. The van der Waals surface area contributed by atoms with Crippen molar-refractivity contribution in [3.05, 3.63) is 35.4 Å². The lowest BCUT2D eigenvalue weighted by atomic mass is 9.93. The molecule has 0 amide bonds. The third kappa shape index (κ3) is 2.16. The number of benzene rings is 1. The maximum Gasteiger partial charge on any atom is 0.128 e. The van der Waals surface area contributed by atoms with Gasteiger partial charge in [-0.25, -0.2) is 8.78 Å². The van der Waals surface area contributed by atoms with Gasteiger partial charge in [-0.2, -0.15) is 0 Å². The van der Waals surface area contributed by atoms with Gasteiger partial charge in [-0.1, -0.05) is 0 Å². The van der Waals surface area contributed by atoms with Crippen LogP contribution in [0.2, 0.25) is 0 Å². The molecule has 1 fully saturated rings. The standard InChI is InChI=1S/C11H13F2NO/c12-8-1-2-10(13)9(5-8)11(14)7-3-4-15-6-7/h1-2,5,7,11H,3-4,6,14H2. The van der Waals surface area contributed by atoms with E-state index in [1.165, 1.54) is 6.07 Å². The Balaban J connectivity index is 2.23. The molecule has 1 aromatic rings. The van der Waals surface area contributed by atoms with Crippen molar-refractivity contribution >= 4 is 0 Å². The molecule has 1 aliphatic heterocycles. The van der Waals surface area contributed by atoms with Crippen LogP contribution in [0.5, 0.6) is 0 Å². The SMILES string of the molecule is NC(c1cc(F)ccc1F)C1CCOC1. The summed E-state index contributed by atoms with van der Waals surface area (Å²) in [5, 5.41) is 0. The zero-order valence-corrected chi connectivity index (χ0v) is 8.25. The van der Waals surface area contributed by atoms with Gasteiger partial charge < -0.3 is 10.5 Å². The molecule has 0 spiro atoms. The summed E-state index contributed by atoms with van der Waals surface area (Å²) in [6.07, 6.45) is 0.803. The van der Waals surface area contributed by atoms with Gasteiger partial charge in [0, 0.05) is 24.1 Å². The van der Waals surface area contributed by atoms with Crippen LogP contribution in [0.25, 0.3) is 0 Å². The predicted octanol–water partition coefficient (Wildman–Crippen LogP) is 2.00. The molecule has 2 rings (SSSR count). The van der Waals surface area contributed by atoms with Gasteiger partial charge in [-0.15, -0.1) is 0 Å². The largest absolute Gasteiger partial charge is 0.381 e. The summed E-state index contributed by atoms with van der Waals surface area (Å²) in [5.41, 5.74) is 6.12.